The van der Waals surface area contributed by atoms with Crippen LogP contribution in [0.5, 0.6) is 0 Å². The van der Waals surface area contributed by atoms with Gasteiger partial charge in [-0.05, 0) is 68.7 Å². The van der Waals surface area contributed by atoms with E-state index < -0.39 is 0 Å². The number of nitrogens with zero attached hydrogens (tertiary/aromatic N) is 5. The summed E-state index contributed by atoms with van der Waals surface area (Å²) >= 11 is 0. The molecule has 2 aliphatic rings. The van der Waals surface area contributed by atoms with E-state index in [2.05, 4.69) is 66.0 Å². The van der Waals surface area contributed by atoms with Crippen molar-refractivity contribution in [3.05, 3.63) is 47.0 Å². The highest BCUT2D eigenvalue weighted by Crippen LogP contribution is 2.40. The number of H-pyrrole nitrogens is 1. The van der Waals surface area contributed by atoms with Gasteiger partial charge in [0.15, 0.2) is 5.65 Å². The van der Waals surface area contributed by atoms with E-state index in [0.717, 1.165) is 78.9 Å². The van der Waals surface area contributed by atoms with Gasteiger partial charge >= 0.3 is 0 Å². The number of nitrogens with one attached hydrogen (secondary N) is 1. The highest BCUT2D eigenvalue weighted by molar-refractivity contribution is 5.89. The summed E-state index contributed by atoms with van der Waals surface area (Å²) in [5, 5.41) is 14.0. The Morgan fingerprint density at radius 3 is 2.57 bits per heavy atom. The van der Waals surface area contributed by atoms with Crippen LogP contribution in [0.4, 0.5) is 0 Å². The van der Waals surface area contributed by atoms with Crippen molar-refractivity contribution >= 4 is 16.7 Å². The molecular formula is C29H38N6O2. The van der Waals surface area contributed by atoms with Crippen molar-refractivity contribution in [3.8, 4) is 11.3 Å². The molecule has 196 valence electrons. The fourth-order valence-electron chi connectivity index (χ4n) is 6.45. The summed E-state index contributed by atoms with van der Waals surface area (Å²) in [4.78, 5) is 15.9. The quantitative estimate of drug-likeness (QED) is 0.380. The Labute approximate surface area is 218 Å². The molecule has 8 heteroatoms. The van der Waals surface area contributed by atoms with Gasteiger partial charge in [-0.1, -0.05) is 13.8 Å². The van der Waals surface area contributed by atoms with Gasteiger partial charge in [0.05, 0.1) is 42.6 Å². The van der Waals surface area contributed by atoms with Crippen molar-refractivity contribution in [1.29, 1.82) is 0 Å². The zero-order valence-corrected chi connectivity index (χ0v) is 22.4. The van der Waals surface area contributed by atoms with E-state index in [1.807, 2.05) is 4.52 Å². The monoisotopic (exact) mass is 502 g/mol. The highest BCUT2D eigenvalue weighted by atomic mass is 16.5. The van der Waals surface area contributed by atoms with Crippen LogP contribution in [0.15, 0.2) is 24.7 Å². The smallest absolute Gasteiger partial charge is 0.158 e. The number of ether oxygens (including phenoxy) is 1. The van der Waals surface area contributed by atoms with Crippen molar-refractivity contribution in [2.75, 3.05) is 26.4 Å². The summed E-state index contributed by atoms with van der Waals surface area (Å²) in [5.41, 5.74) is 10.2. The molecule has 2 fully saturated rings. The highest BCUT2D eigenvalue weighted by Gasteiger charge is 2.34. The Bertz CT molecular complexity index is 1410. The van der Waals surface area contributed by atoms with Crippen LogP contribution in [0, 0.1) is 13.8 Å². The summed E-state index contributed by atoms with van der Waals surface area (Å²) in [7, 11) is 0. The van der Waals surface area contributed by atoms with Gasteiger partial charge in [0.25, 0.3) is 0 Å². The fourth-order valence-corrected chi connectivity index (χ4v) is 6.45. The number of hydrogen-bond donors (Lipinski definition) is 2. The Kier molecular flexibility index (Phi) is 6.51. The molecule has 0 unspecified atom stereocenters. The summed E-state index contributed by atoms with van der Waals surface area (Å²) in [5.74, 6) is 0.799. The zero-order valence-electron chi connectivity index (χ0n) is 22.4. The molecule has 4 aromatic rings. The lowest BCUT2D eigenvalue weighted by molar-refractivity contribution is -0.0879. The molecular weight excluding hydrogens is 464 g/mol. The van der Waals surface area contributed by atoms with E-state index in [-0.39, 0.29) is 6.61 Å². The van der Waals surface area contributed by atoms with Crippen LogP contribution in [0.25, 0.3) is 27.9 Å². The van der Waals surface area contributed by atoms with Crippen LogP contribution in [0.3, 0.4) is 0 Å². The molecule has 1 saturated heterocycles. The minimum absolute atomic E-state index is 0.214. The third-order valence-corrected chi connectivity index (χ3v) is 8.71. The van der Waals surface area contributed by atoms with E-state index in [9.17, 15) is 5.11 Å². The number of hydrogen-bond acceptors (Lipinski definition) is 6. The molecule has 6 rings (SSSR count). The number of aromatic nitrogens is 5. The normalized spacial score (nSPS) is 20.9. The molecule has 1 saturated carbocycles. The van der Waals surface area contributed by atoms with Crippen molar-refractivity contribution < 1.29 is 9.84 Å². The average Bonchev–Trinajstić information content (AvgIpc) is 3.49. The van der Waals surface area contributed by atoms with Gasteiger partial charge in [-0.3, -0.25) is 9.88 Å². The Hall–Kier alpha value is -2.81. The van der Waals surface area contributed by atoms with Crippen molar-refractivity contribution in [1.82, 2.24) is 29.5 Å². The second-order valence-electron chi connectivity index (χ2n) is 11.2. The van der Waals surface area contributed by atoms with Crippen molar-refractivity contribution in [2.45, 2.75) is 77.3 Å². The molecule has 0 amide bonds. The third kappa shape index (κ3) is 4.25. The molecule has 0 atom stereocenters. The number of aryl methyl sites for hydroxylation is 1. The molecule has 0 aromatic carbocycles. The van der Waals surface area contributed by atoms with E-state index >= 15 is 0 Å². The van der Waals surface area contributed by atoms with Crippen LogP contribution in [0.1, 0.15) is 73.8 Å². The molecule has 2 N–H and O–H groups in total. The van der Waals surface area contributed by atoms with Gasteiger partial charge in [-0.15, -0.1) is 0 Å². The predicted octanol–water partition coefficient (Wildman–Crippen LogP) is 4.73. The fraction of sp³-hybridized carbons (Fsp3) is 0.552. The number of aliphatic hydroxyl groups excluding tert-OH is 1. The van der Waals surface area contributed by atoms with E-state index in [1.54, 1.807) is 6.33 Å². The second-order valence-corrected chi connectivity index (χ2v) is 11.2. The van der Waals surface area contributed by atoms with Crippen LogP contribution in [-0.2, 0) is 4.74 Å². The number of aromatic amines is 1. The third-order valence-electron chi connectivity index (χ3n) is 8.71. The van der Waals surface area contributed by atoms with Gasteiger partial charge in [-0.2, -0.15) is 5.10 Å². The summed E-state index contributed by atoms with van der Waals surface area (Å²) < 4.78 is 7.31. The molecule has 5 heterocycles. The molecule has 8 nitrogen and oxygen atoms in total. The average molecular weight is 503 g/mol. The number of rotatable bonds is 7. The maximum absolute atomic E-state index is 9.59. The van der Waals surface area contributed by atoms with Gasteiger partial charge in [0.2, 0.25) is 0 Å². The lowest BCUT2D eigenvalue weighted by Crippen LogP contribution is -2.54. The largest absolute Gasteiger partial charge is 0.395 e. The maximum atomic E-state index is 9.59. The standard InChI is InChI=1S/C29H38N6O2/c1-17(2)26-27(23-13-35-29(30-16-31-35)19(4)18(23)3)33-25-10-9-24(32-28(25)26)20-5-7-21(8-6-20)34(11-12-36)22-14-37-15-22/h9-10,13,16-17,20-22,33,36H,5-8,11-12,14-15H2,1-4H3. The van der Waals surface area contributed by atoms with E-state index in [4.69, 9.17) is 9.72 Å². The summed E-state index contributed by atoms with van der Waals surface area (Å²) in [6.07, 6.45) is 8.27. The number of fused-ring (bicyclic) bond motifs is 2. The van der Waals surface area contributed by atoms with Gasteiger partial charge < -0.3 is 14.8 Å². The van der Waals surface area contributed by atoms with Crippen LogP contribution in [-0.4, -0.2) is 73.0 Å². The molecule has 4 aromatic heterocycles. The van der Waals surface area contributed by atoms with E-state index in [0.29, 0.717) is 23.9 Å². The van der Waals surface area contributed by atoms with Gasteiger partial charge in [0, 0.05) is 41.5 Å². The van der Waals surface area contributed by atoms with E-state index in [1.165, 1.54) is 16.8 Å². The molecule has 1 aliphatic carbocycles. The van der Waals surface area contributed by atoms with Crippen LogP contribution < -0.4 is 0 Å². The maximum Gasteiger partial charge on any atom is 0.158 e. The molecule has 1 aliphatic heterocycles. The Morgan fingerprint density at radius 1 is 1.11 bits per heavy atom. The first-order valence-corrected chi connectivity index (χ1v) is 13.7. The number of pyridine rings is 2. The Balaban J connectivity index is 1.31. The molecule has 0 spiro atoms. The molecule has 37 heavy (non-hydrogen) atoms. The van der Waals surface area contributed by atoms with Crippen LogP contribution in [0.2, 0.25) is 0 Å². The summed E-state index contributed by atoms with van der Waals surface area (Å²) in [6, 6.07) is 5.45. The van der Waals surface area contributed by atoms with Gasteiger partial charge in [-0.25, -0.2) is 9.50 Å². The topological polar surface area (TPSA) is 91.6 Å². The summed E-state index contributed by atoms with van der Waals surface area (Å²) in [6.45, 7) is 11.4. The lowest BCUT2D eigenvalue weighted by atomic mass is 9.82. The van der Waals surface area contributed by atoms with Crippen molar-refractivity contribution in [2.24, 2.45) is 0 Å². The molecule has 0 bridgehead atoms. The first-order valence-electron chi connectivity index (χ1n) is 13.7. The lowest BCUT2D eigenvalue weighted by Gasteiger charge is -2.44. The first-order chi connectivity index (χ1) is 18.0. The van der Waals surface area contributed by atoms with Gasteiger partial charge in [0.1, 0.15) is 6.33 Å². The van der Waals surface area contributed by atoms with Crippen molar-refractivity contribution in [3.63, 3.8) is 0 Å². The second kappa shape index (κ2) is 9.82. The Morgan fingerprint density at radius 2 is 1.89 bits per heavy atom. The van der Waals surface area contributed by atoms with Crippen LogP contribution >= 0.6 is 0 Å². The minimum atomic E-state index is 0.214. The minimum Gasteiger partial charge on any atom is -0.395 e. The predicted molar refractivity (Wildman–Crippen MR) is 145 cm³/mol. The number of aliphatic hydroxyl groups is 1. The zero-order chi connectivity index (χ0) is 25.7. The molecule has 0 radical (unpaired) electrons. The first kappa shape index (κ1) is 24.5. The SMILES string of the molecule is Cc1c(-c2[nH]c3ccc(C4CCC(N(CCO)C5COC5)CC4)nc3c2C(C)C)cn2ncnc2c1C.